The number of H-pyrrole nitrogens is 1. The summed E-state index contributed by atoms with van der Waals surface area (Å²) in [6, 6.07) is 3.84. The van der Waals surface area contributed by atoms with Gasteiger partial charge in [-0.3, -0.25) is 0 Å². The second kappa shape index (κ2) is 7.25. The van der Waals surface area contributed by atoms with Gasteiger partial charge < -0.3 is 10.2 Å². The number of rotatable bonds is 4. The Balaban J connectivity index is 1.82. The van der Waals surface area contributed by atoms with Crippen molar-refractivity contribution in [1.29, 1.82) is 0 Å². The highest BCUT2D eigenvalue weighted by Crippen LogP contribution is 2.40. The first-order valence-corrected chi connectivity index (χ1v) is 8.97. The zero-order valence-corrected chi connectivity index (χ0v) is 14.1. The molecule has 1 saturated carbocycles. The quantitative estimate of drug-likeness (QED) is 0.799. The van der Waals surface area contributed by atoms with E-state index in [4.69, 9.17) is 10.2 Å². The standard InChI is InChI=1S/C16H18F3N3O2S/c17-16(18,19)12-6-3-10(14-21-22-15(23)24-14)7-13(12)25-8-9-1-4-11(20)5-2-9/h3,6-7,9,11H,1-2,4-5,8,20H2,(H,22,23)/t9-,11-. The number of halogens is 3. The summed E-state index contributed by atoms with van der Waals surface area (Å²) in [6.45, 7) is 0. The summed E-state index contributed by atoms with van der Waals surface area (Å²) < 4.78 is 44.7. The molecule has 0 aliphatic heterocycles. The minimum Gasteiger partial charge on any atom is -0.388 e. The third-order valence-corrected chi connectivity index (χ3v) is 5.62. The molecule has 136 valence electrons. The molecule has 0 unspecified atom stereocenters. The van der Waals surface area contributed by atoms with Gasteiger partial charge in [0, 0.05) is 22.3 Å². The Morgan fingerprint density at radius 1 is 1.28 bits per heavy atom. The largest absolute Gasteiger partial charge is 0.434 e. The topological polar surface area (TPSA) is 84.9 Å². The molecule has 2 aromatic rings. The van der Waals surface area contributed by atoms with Crippen molar-refractivity contribution in [3.63, 3.8) is 0 Å². The molecule has 0 bridgehead atoms. The Morgan fingerprint density at radius 2 is 2.00 bits per heavy atom. The minimum atomic E-state index is -4.44. The van der Waals surface area contributed by atoms with E-state index in [2.05, 4.69) is 10.2 Å². The lowest BCUT2D eigenvalue weighted by Crippen LogP contribution is -2.27. The second-order valence-corrected chi connectivity index (χ2v) is 7.28. The van der Waals surface area contributed by atoms with Crippen LogP contribution in [0.3, 0.4) is 0 Å². The molecule has 1 fully saturated rings. The molecule has 0 atom stereocenters. The predicted molar refractivity (Wildman–Crippen MR) is 88.2 cm³/mol. The number of nitrogens with one attached hydrogen (secondary N) is 1. The maximum atomic E-state index is 13.3. The van der Waals surface area contributed by atoms with Crippen LogP contribution in [0, 0.1) is 5.92 Å². The Kier molecular flexibility index (Phi) is 5.24. The van der Waals surface area contributed by atoms with Crippen LogP contribution in [0.4, 0.5) is 13.2 Å². The van der Waals surface area contributed by atoms with Gasteiger partial charge in [0.1, 0.15) is 0 Å². The van der Waals surface area contributed by atoms with Gasteiger partial charge in [-0.25, -0.2) is 9.89 Å². The first kappa shape index (κ1) is 18.1. The van der Waals surface area contributed by atoms with E-state index >= 15 is 0 Å². The first-order valence-electron chi connectivity index (χ1n) is 7.98. The van der Waals surface area contributed by atoms with Crippen molar-refractivity contribution in [2.75, 3.05) is 5.75 Å². The smallest absolute Gasteiger partial charge is 0.388 e. The molecule has 1 aliphatic carbocycles. The molecule has 3 rings (SSSR count). The third-order valence-electron chi connectivity index (χ3n) is 4.34. The Labute approximate surface area is 146 Å². The average molecular weight is 373 g/mol. The summed E-state index contributed by atoms with van der Waals surface area (Å²) in [5.41, 5.74) is 5.51. The second-order valence-electron chi connectivity index (χ2n) is 6.22. The van der Waals surface area contributed by atoms with Crippen LogP contribution in [0.2, 0.25) is 0 Å². The zero-order chi connectivity index (χ0) is 18.0. The van der Waals surface area contributed by atoms with Crippen molar-refractivity contribution in [2.24, 2.45) is 11.7 Å². The number of alkyl halides is 3. The summed E-state index contributed by atoms with van der Waals surface area (Å²) >= 11 is 1.18. The van der Waals surface area contributed by atoms with E-state index in [1.165, 1.54) is 23.9 Å². The predicted octanol–water partition coefficient (Wildman–Crippen LogP) is 3.66. The fraction of sp³-hybridized carbons (Fsp3) is 0.500. The van der Waals surface area contributed by atoms with Crippen LogP contribution in [0.1, 0.15) is 31.2 Å². The van der Waals surface area contributed by atoms with Crippen molar-refractivity contribution in [1.82, 2.24) is 10.2 Å². The number of aromatic nitrogens is 2. The monoisotopic (exact) mass is 373 g/mol. The van der Waals surface area contributed by atoms with Crippen LogP contribution in [0.15, 0.2) is 32.3 Å². The van der Waals surface area contributed by atoms with Gasteiger partial charge in [-0.2, -0.15) is 13.2 Å². The Bertz CT molecular complexity index is 779. The van der Waals surface area contributed by atoms with Crippen LogP contribution in [0.5, 0.6) is 0 Å². The summed E-state index contributed by atoms with van der Waals surface area (Å²) in [4.78, 5) is 11.2. The lowest BCUT2D eigenvalue weighted by Gasteiger charge is -2.26. The van der Waals surface area contributed by atoms with Crippen LogP contribution >= 0.6 is 11.8 Å². The van der Waals surface area contributed by atoms with E-state index in [0.29, 0.717) is 17.2 Å². The van der Waals surface area contributed by atoms with Crippen molar-refractivity contribution in [3.05, 3.63) is 34.3 Å². The lowest BCUT2D eigenvalue weighted by molar-refractivity contribution is -0.139. The van der Waals surface area contributed by atoms with Crippen molar-refractivity contribution >= 4 is 11.8 Å². The van der Waals surface area contributed by atoms with Crippen LogP contribution in [-0.2, 0) is 6.18 Å². The Hall–Kier alpha value is -1.74. The van der Waals surface area contributed by atoms with Crippen molar-refractivity contribution in [2.45, 2.75) is 42.8 Å². The highest BCUT2D eigenvalue weighted by atomic mass is 32.2. The average Bonchev–Trinajstić information content (AvgIpc) is 3.00. The fourth-order valence-corrected chi connectivity index (χ4v) is 4.22. The minimum absolute atomic E-state index is 0.0239. The maximum absolute atomic E-state index is 13.3. The summed E-state index contributed by atoms with van der Waals surface area (Å²) in [6.07, 6.45) is -0.749. The van der Waals surface area contributed by atoms with Crippen molar-refractivity contribution < 1.29 is 17.6 Å². The molecule has 0 amide bonds. The molecule has 1 aliphatic rings. The zero-order valence-electron chi connectivity index (χ0n) is 13.3. The number of nitrogens with zero attached hydrogens (tertiary/aromatic N) is 1. The van der Waals surface area contributed by atoms with Gasteiger partial charge in [0.15, 0.2) is 0 Å². The highest BCUT2D eigenvalue weighted by molar-refractivity contribution is 7.99. The van der Waals surface area contributed by atoms with E-state index in [1.807, 2.05) is 0 Å². The number of benzene rings is 1. The van der Waals surface area contributed by atoms with E-state index in [1.54, 1.807) is 0 Å². The van der Waals surface area contributed by atoms with Gasteiger partial charge in [0.05, 0.1) is 5.56 Å². The molecule has 25 heavy (non-hydrogen) atoms. The molecule has 0 spiro atoms. The number of hydrogen-bond donors (Lipinski definition) is 2. The number of nitrogens with two attached hydrogens (primary N) is 1. The molecule has 5 nitrogen and oxygen atoms in total. The normalized spacial score (nSPS) is 21.4. The van der Waals surface area contributed by atoms with Crippen LogP contribution in [-0.4, -0.2) is 22.0 Å². The SMILES string of the molecule is N[C@H]1CC[C@H](CSc2cc(-c3n[nH]c(=O)o3)ccc2C(F)(F)F)CC1. The van der Waals surface area contributed by atoms with Gasteiger partial charge in [0.25, 0.3) is 0 Å². The van der Waals surface area contributed by atoms with Crippen LogP contribution < -0.4 is 11.5 Å². The Morgan fingerprint density at radius 3 is 2.60 bits per heavy atom. The van der Waals surface area contributed by atoms with Gasteiger partial charge >= 0.3 is 11.9 Å². The summed E-state index contributed by atoms with van der Waals surface area (Å²) in [7, 11) is 0. The molecule has 3 N–H and O–H groups in total. The van der Waals surface area contributed by atoms with E-state index < -0.39 is 17.5 Å². The molecule has 1 heterocycles. The van der Waals surface area contributed by atoms with E-state index in [-0.39, 0.29) is 16.8 Å². The number of hydrogen-bond acceptors (Lipinski definition) is 5. The lowest BCUT2D eigenvalue weighted by atomic mass is 9.88. The number of aromatic amines is 1. The molecule has 0 radical (unpaired) electrons. The van der Waals surface area contributed by atoms with E-state index in [9.17, 15) is 18.0 Å². The molecular weight excluding hydrogens is 355 g/mol. The fourth-order valence-electron chi connectivity index (χ4n) is 2.92. The molecule has 1 aromatic heterocycles. The van der Waals surface area contributed by atoms with E-state index in [0.717, 1.165) is 31.7 Å². The summed E-state index contributed by atoms with van der Waals surface area (Å²) in [5.74, 6) is 0.189. The van der Waals surface area contributed by atoms with Crippen molar-refractivity contribution in [3.8, 4) is 11.5 Å². The molecule has 9 heteroatoms. The molecule has 0 saturated heterocycles. The van der Waals surface area contributed by atoms with Gasteiger partial charge in [-0.15, -0.1) is 16.9 Å². The van der Waals surface area contributed by atoms with Gasteiger partial charge in [-0.05, 0) is 49.8 Å². The maximum Gasteiger partial charge on any atom is 0.434 e. The van der Waals surface area contributed by atoms with Crippen LogP contribution in [0.25, 0.3) is 11.5 Å². The van der Waals surface area contributed by atoms with Gasteiger partial charge in [-0.1, -0.05) is 0 Å². The summed E-state index contributed by atoms with van der Waals surface area (Å²) in [5, 5.41) is 5.77. The first-order chi connectivity index (χ1) is 11.8. The van der Waals surface area contributed by atoms with Gasteiger partial charge in [0.2, 0.25) is 5.89 Å². The molecule has 1 aromatic carbocycles. The third kappa shape index (κ3) is 4.46. The molecular formula is C16H18F3N3O2S. The highest BCUT2D eigenvalue weighted by Gasteiger charge is 2.34. The number of thioether (sulfide) groups is 1.